The molecule has 1 amide bonds. The smallest absolute Gasteiger partial charge is 0.224 e. The second-order valence-electron chi connectivity index (χ2n) is 5.50. The highest BCUT2D eigenvalue weighted by Gasteiger charge is 2.28. The van der Waals surface area contributed by atoms with E-state index >= 15 is 0 Å². The Labute approximate surface area is 133 Å². The molecule has 5 heteroatoms. The Bertz CT molecular complexity index is 441. The lowest BCUT2D eigenvalue weighted by Crippen LogP contribution is -2.49. The lowest BCUT2D eigenvalue weighted by atomic mass is 10.0. The van der Waals surface area contributed by atoms with Crippen molar-refractivity contribution in [3.8, 4) is 0 Å². The molecule has 0 saturated carbocycles. The predicted molar refractivity (Wildman–Crippen MR) is 86.4 cm³/mol. The second kappa shape index (κ2) is 8.37. The number of ether oxygens (including phenoxy) is 1. The third-order valence-corrected chi connectivity index (χ3v) is 3.76. The maximum atomic E-state index is 12.4. The molecule has 1 fully saturated rings. The molecule has 4 nitrogen and oxygen atoms in total. The van der Waals surface area contributed by atoms with E-state index in [0.717, 1.165) is 12.0 Å². The number of benzene rings is 1. The molecule has 3 unspecified atom stereocenters. The van der Waals surface area contributed by atoms with E-state index < -0.39 is 0 Å². The third-order valence-electron chi connectivity index (χ3n) is 3.76. The van der Waals surface area contributed by atoms with Crippen LogP contribution in [-0.2, 0) is 9.53 Å². The van der Waals surface area contributed by atoms with E-state index in [1.54, 1.807) is 0 Å². The molecule has 1 aromatic carbocycles. The van der Waals surface area contributed by atoms with Crippen LogP contribution in [0.1, 0.15) is 38.3 Å². The zero-order chi connectivity index (χ0) is 14.5. The summed E-state index contributed by atoms with van der Waals surface area (Å²) in [4.78, 5) is 14.3. The molecule has 21 heavy (non-hydrogen) atoms. The molecule has 2 N–H and O–H groups in total. The molecule has 1 aliphatic heterocycles. The number of hydrogen-bond acceptors (Lipinski definition) is 3. The van der Waals surface area contributed by atoms with Crippen molar-refractivity contribution in [3.63, 3.8) is 0 Å². The van der Waals surface area contributed by atoms with Gasteiger partial charge in [-0.2, -0.15) is 0 Å². The Morgan fingerprint density at radius 2 is 2.05 bits per heavy atom. The van der Waals surface area contributed by atoms with Crippen LogP contribution < -0.4 is 5.73 Å². The first kappa shape index (κ1) is 18.0. The summed E-state index contributed by atoms with van der Waals surface area (Å²) in [5.41, 5.74) is 7.13. The lowest BCUT2D eigenvalue weighted by molar-refractivity contribution is -0.144. The van der Waals surface area contributed by atoms with Gasteiger partial charge in [0.2, 0.25) is 5.91 Å². The van der Waals surface area contributed by atoms with Crippen LogP contribution >= 0.6 is 12.4 Å². The second-order valence-corrected chi connectivity index (χ2v) is 5.50. The summed E-state index contributed by atoms with van der Waals surface area (Å²) in [6.45, 7) is 5.44. The van der Waals surface area contributed by atoms with Crippen LogP contribution in [0.4, 0.5) is 0 Å². The molecule has 0 radical (unpaired) electrons. The normalized spacial score (nSPS) is 23.3. The van der Waals surface area contributed by atoms with Crippen LogP contribution in [0.3, 0.4) is 0 Å². The fourth-order valence-corrected chi connectivity index (χ4v) is 2.61. The summed E-state index contributed by atoms with van der Waals surface area (Å²) in [6.07, 6.45) is 1.53. The summed E-state index contributed by atoms with van der Waals surface area (Å²) >= 11 is 0. The molecule has 0 aromatic heterocycles. The van der Waals surface area contributed by atoms with Crippen molar-refractivity contribution in [2.24, 2.45) is 5.73 Å². The fraction of sp³-hybridized carbons (Fsp3) is 0.562. The average molecular weight is 313 g/mol. The third kappa shape index (κ3) is 4.99. The largest absolute Gasteiger partial charge is 0.372 e. The van der Waals surface area contributed by atoms with Gasteiger partial charge in [0.15, 0.2) is 0 Å². The Hall–Kier alpha value is -1.10. The van der Waals surface area contributed by atoms with E-state index in [0.29, 0.717) is 19.5 Å². The minimum atomic E-state index is -0.234. The van der Waals surface area contributed by atoms with Crippen molar-refractivity contribution in [1.82, 2.24) is 4.90 Å². The van der Waals surface area contributed by atoms with Gasteiger partial charge in [0.05, 0.1) is 12.2 Å². The minimum absolute atomic E-state index is 0. The molecule has 0 bridgehead atoms. The molecular weight excluding hydrogens is 288 g/mol. The van der Waals surface area contributed by atoms with Gasteiger partial charge >= 0.3 is 0 Å². The number of amides is 1. The van der Waals surface area contributed by atoms with Crippen molar-refractivity contribution in [1.29, 1.82) is 0 Å². The SMILES string of the molecule is CCC1CN(C(=O)CC(N)c2ccccc2)CC(C)O1.Cl. The Kier molecular flexibility index (Phi) is 7.15. The van der Waals surface area contributed by atoms with Crippen LogP contribution in [-0.4, -0.2) is 36.1 Å². The van der Waals surface area contributed by atoms with Gasteiger partial charge in [-0.3, -0.25) is 4.79 Å². The number of rotatable bonds is 4. The van der Waals surface area contributed by atoms with Gasteiger partial charge in [0.25, 0.3) is 0 Å². The number of halogens is 1. The number of nitrogens with zero attached hydrogens (tertiary/aromatic N) is 1. The summed E-state index contributed by atoms with van der Waals surface area (Å²) in [5, 5.41) is 0. The molecule has 1 heterocycles. The average Bonchev–Trinajstić information content (AvgIpc) is 2.47. The maximum Gasteiger partial charge on any atom is 0.224 e. The van der Waals surface area contributed by atoms with Crippen molar-refractivity contribution < 1.29 is 9.53 Å². The summed E-state index contributed by atoms with van der Waals surface area (Å²) in [7, 11) is 0. The maximum absolute atomic E-state index is 12.4. The molecule has 118 valence electrons. The first-order chi connectivity index (χ1) is 9.60. The predicted octanol–water partition coefficient (Wildman–Crippen LogP) is 2.52. The molecule has 1 aromatic rings. The van der Waals surface area contributed by atoms with Gasteiger partial charge in [-0.1, -0.05) is 37.3 Å². The fourth-order valence-electron chi connectivity index (χ4n) is 2.61. The number of carbonyl (C=O) groups is 1. The van der Waals surface area contributed by atoms with E-state index in [9.17, 15) is 4.79 Å². The molecule has 1 saturated heterocycles. The van der Waals surface area contributed by atoms with Crippen molar-refractivity contribution in [2.75, 3.05) is 13.1 Å². The van der Waals surface area contributed by atoms with Gasteiger partial charge in [-0.15, -0.1) is 12.4 Å². The van der Waals surface area contributed by atoms with Gasteiger partial charge in [-0.25, -0.2) is 0 Å². The van der Waals surface area contributed by atoms with E-state index in [1.165, 1.54) is 0 Å². The topological polar surface area (TPSA) is 55.6 Å². The summed E-state index contributed by atoms with van der Waals surface area (Å²) in [5.74, 6) is 0.120. The zero-order valence-electron chi connectivity index (χ0n) is 12.7. The monoisotopic (exact) mass is 312 g/mol. The zero-order valence-corrected chi connectivity index (χ0v) is 13.5. The lowest BCUT2D eigenvalue weighted by Gasteiger charge is -2.37. The van der Waals surface area contributed by atoms with Crippen molar-refractivity contribution >= 4 is 18.3 Å². The number of morpholine rings is 1. The van der Waals surface area contributed by atoms with Gasteiger partial charge in [0.1, 0.15) is 0 Å². The molecule has 0 aliphatic carbocycles. The highest BCUT2D eigenvalue weighted by molar-refractivity contribution is 5.85. The number of nitrogens with two attached hydrogens (primary N) is 1. The molecule has 3 atom stereocenters. The first-order valence-electron chi connectivity index (χ1n) is 7.34. The molecule has 0 spiro atoms. The Morgan fingerprint density at radius 3 is 2.67 bits per heavy atom. The van der Waals surface area contributed by atoms with Gasteiger partial charge in [0, 0.05) is 25.6 Å². The van der Waals surface area contributed by atoms with Crippen LogP contribution in [0.2, 0.25) is 0 Å². The van der Waals surface area contributed by atoms with Gasteiger partial charge < -0.3 is 15.4 Å². The van der Waals surface area contributed by atoms with E-state index in [-0.39, 0.29) is 36.6 Å². The highest BCUT2D eigenvalue weighted by Crippen LogP contribution is 2.18. The summed E-state index contributed by atoms with van der Waals surface area (Å²) in [6, 6.07) is 9.55. The first-order valence-corrected chi connectivity index (χ1v) is 7.34. The number of carbonyl (C=O) groups excluding carboxylic acids is 1. The van der Waals surface area contributed by atoms with Crippen LogP contribution in [0.5, 0.6) is 0 Å². The van der Waals surface area contributed by atoms with Crippen LogP contribution in [0.15, 0.2) is 30.3 Å². The minimum Gasteiger partial charge on any atom is -0.372 e. The van der Waals surface area contributed by atoms with Crippen LogP contribution in [0.25, 0.3) is 0 Å². The van der Waals surface area contributed by atoms with E-state index in [1.807, 2.05) is 42.2 Å². The standard InChI is InChI=1S/C16H24N2O2.ClH/c1-3-14-11-18(10-12(2)20-14)16(19)9-15(17)13-7-5-4-6-8-13;/h4-8,12,14-15H,3,9-11,17H2,1-2H3;1H. The van der Waals surface area contributed by atoms with Crippen molar-refractivity contribution in [3.05, 3.63) is 35.9 Å². The van der Waals surface area contributed by atoms with Crippen LogP contribution in [0, 0.1) is 0 Å². The highest BCUT2D eigenvalue weighted by atomic mass is 35.5. The molecule has 2 rings (SSSR count). The molecular formula is C16H25ClN2O2. The Morgan fingerprint density at radius 1 is 1.38 bits per heavy atom. The molecule has 1 aliphatic rings. The number of hydrogen-bond donors (Lipinski definition) is 1. The Balaban J connectivity index is 0.00000220. The van der Waals surface area contributed by atoms with E-state index in [4.69, 9.17) is 10.5 Å². The quantitative estimate of drug-likeness (QED) is 0.929. The van der Waals surface area contributed by atoms with Crippen molar-refractivity contribution in [2.45, 2.75) is 44.9 Å². The summed E-state index contributed by atoms with van der Waals surface area (Å²) < 4.78 is 5.78. The van der Waals surface area contributed by atoms with Gasteiger partial charge in [-0.05, 0) is 18.9 Å². The van der Waals surface area contributed by atoms with E-state index in [2.05, 4.69) is 6.92 Å².